The van der Waals surface area contributed by atoms with Crippen LogP contribution < -0.4 is 5.32 Å². The van der Waals surface area contributed by atoms with Crippen molar-refractivity contribution in [3.63, 3.8) is 0 Å². The fourth-order valence-corrected chi connectivity index (χ4v) is 3.13. The number of hydrogen-bond acceptors (Lipinski definition) is 1. The van der Waals surface area contributed by atoms with Gasteiger partial charge in [0, 0.05) is 15.5 Å². The summed E-state index contributed by atoms with van der Waals surface area (Å²) in [5, 5.41) is 4.36. The van der Waals surface area contributed by atoms with Gasteiger partial charge in [0.2, 0.25) is 0 Å². The topological polar surface area (TPSA) is 12.0 Å². The van der Waals surface area contributed by atoms with Crippen LogP contribution >= 0.6 is 27.5 Å². The van der Waals surface area contributed by atoms with Gasteiger partial charge in [-0.15, -0.1) is 0 Å². The lowest BCUT2D eigenvalue weighted by atomic mass is 9.95. The van der Waals surface area contributed by atoms with Crippen LogP contribution in [0.1, 0.15) is 29.7 Å². The predicted molar refractivity (Wildman–Crippen MR) is 90.5 cm³/mol. The molecule has 1 nitrogen and oxygen atoms in total. The summed E-state index contributed by atoms with van der Waals surface area (Å²) in [5.74, 6) is 0. The standard InChI is InChI=1S/C17H19BrClN/c1-3-20-17(11-13-6-4-5-7-16(13)18)15-9-8-14(19)10-12(15)2/h4-10,17,20H,3,11H2,1-2H3. The van der Waals surface area contributed by atoms with Gasteiger partial charge in [0.05, 0.1) is 0 Å². The van der Waals surface area contributed by atoms with Crippen LogP contribution in [0, 0.1) is 6.92 Å². The lowest BCUT2D eigenvalue weighted by Crippen LogP contribution is -2.23. The maximum Gasteiger partial charge on any atom is 0.0408 e. The molecule has 2 aromatic carbocycles. The van der Waals surface area contributed by atoms with Gasteiger partial charge in [-0.2, -0.15) is 0 Å². The molecule has 0 aliphatic carbocycles. The van der Waals surface area contributed by atoms with E-state index in [4.69, 9.17) is 11.6 Å². The zero-order valence-corrected chi connectivity index (χ0v) is 14.1. The smallest absolute Gasteiger partial charge is 0.0408 e. The number of hydrogen-bond donors (Lipinski definition) is 1. The predicted octanol–water partition coefficient (Wildman–Crippen LogP) is 5.30. The maximum absolute atomic E-state index is 6.06. The second-order valence-corrected chi connectivity index (χ2v) is 6.20. The monoisotopic (exact) mass is 351 g/mol. The third-order valence-corrected chi connectivity index (χ3v) is 4.45. The molecule has 3 heteroatoms. The Morgan fingerprint density at radius 2 is 1.95 bits per heavy atom. The first-order chi connectivity index (χ1) is 9.61. The van der Waals surface area contributed by atoms with Crippen molar-refractivity contribution in [1.82, 2.24) is 5.32 Å². The van der Waals surface area contributed by atoms with Crippen LogP contribution in [-0.2, 0) is 6.42 Å². The Morgan fingerprint density at radius 3 is 2.60 bits per heavy atom. The first kappa shape index (κ1) is 15.6. The molecule has 1 atom stereocenters. The van der Waals surface area contributed by atoms with Gasteiger partial charge in [0.15, 0.2) is 0 Å². The van der Waals surface area contributed by atoms with Crippen molar-refractivity contribution in [2.24, 2.45) is 0 Å². The van der Waals surface area contributed by atoms with Gasteiger partial charge >= 0.3 is 0 Å². The molecule has 106 valence electrons. The Morgan fingerprint density at radius 1 is 1.20 bits per heavy atom. The Hall–Kier alpha value is -0.830. The highest BCUT2D eigenvalue weighted by Crippen LogP contribution is 2.27. The van der Waals surface area contributed by atoms with E-state index in [0.29, 0.717) is 6.04 Å². The third kappa shape index (κ3) is 3.85. The van der Waals surface area contributed by atoms with Crippen LogP contribution in [0.3, 0.4) is 0 Å². The highest BCUT2D eigenvalue weighted by Gasteiger charge is 2.15. The summed E-state index contributed by atoms with van der Waals surface area (Å²) in [4.78, 5) is 0. The van der Waals surface area contributed by atoms with Gasteiger partial charge in [0.1, 0.15) is 0 Å². The summed E-state index contributed by atoms with van der Waals surface area (Å²) >= 11 is 9.69. The molecule has 1 N–H and O–H groups in total. The molecule has 0 bridgehead atoms. The average Bonchev–Trinajstić information content (AvgIpc) is 2.41. The zero-order chi connectivity index (χ0) is 14.5. The first-order valence-electron chi connectivity index (χ1n) is 6.84. The fourth-order valence-electron chi connectivity index (χ4n) is 2.45. The molecule has 0 saturated heterocycles. The van der Waals surface area contributed by atoms with Gasteiger partial charge in [0.25, 0.3) is 0 Å². The van der Waals surface area contributed by atoms with Crippen molar-refractivity contribution in [3.8, 4) is 0 Å². The Balaban J connectivity index is 2.29. The zero-order valence-electron chi connectivity index (χ0n) is 11.8. The molecule has 0 spiro atoms. The molecule has 0 amide bonds. The summed E-state index contributed by atoms with van der Waals surface area (Å²) in [6.45, 7) is 5.20. The highest BCUT2D eigenvalue weighted by molar-refractivity contribution is 9.10. The summed E-state index contributed by atoms with van der Waals surface area (Å²) in [7, 11) is 0. The SMILES string of the molecule is CCNC(Cc1ccccc1Br)c1ccc(Cl)cc1C. The summed E-state index contributed by atoms with van der Waals surface area (Å²) < 4.78 is 1.16. The summed E-state index contributed by atoms with van der Waals surface area (Å²) in [6, 6.07) is 14.8. The minimum Gasteiger partial charge on any atom is -0.310 e. The number of likely N-dealkylation sites (N-methyl/N-ethyl adjacent to an activating group) is 1. The van der Waals surface area contributed by atoms with E-state index in [0.717, 1.165) is 22.5 Å². The van der Waals surface area contributed by atoms with Gasteiger partial charge < -0.3 is 5.32 Å². The quantitative estimate of drug-likeness (QED) is 0.769. The molecule has 0 radical (unpaired) electrons. The maximum atomic E-state index is 6.06. The van der Waals surface area contributed by atoms with E-state index in [-0.39, 0.29) is 0 Å². The minimum atomic E-state index is 0.302. The van der Waals surface area contributed by atoms with E-state index < -0.39 is 0 Å². The van der Waals surface area contributed by atoms with Crippen LogP contribution in [0.2, 0.25) is 5.02 Å². The van der Waals surface area contributed by atoms with E-state index in [1.54, 1.807) is 0 Å². The molecule has 0 fully saturated rings. The van der Waals surface area contributed by atoms with Gasteiger partial charge in [-0.05, 0) is 54.8 Å². The van der Waals surface area contributed by atoms with Crippen LogP contribution in [0.5, 0.6) is 0 Å². The van der Waals surface area contributed by atoms with Crippen molar-refractivity contribution in [3.05, 3.63) is 68.7 Å². The van der Waals surface area contributed by atoms with Crippen LogP contribution in [-0.4, -0.2) is 6.54 Å². The van der Waals surface area contributed by atoms with E-state index in [1.807, 2.05) is 18.2 Å². The van der Waals surface area contributed by atoms with E-state index in [1.165, 1.54) is 16.7 Å². The summed E-state index contributed by atoms with van der Waals surface area (Å²) in [6.07, 6.45) is 0.956. The molecule has 0 heterocycles. The number of aryl methyl sites for hydroxylation is 1. The van der Waals surface area contributed by atoms with Gasteiger partial charge in [-0.3, -0.25) is 0 Å². The van der Waals surface area contributed by atoms with Crippen molar-refractivity contribution in [1.29, 1.82) is 0 Å². The number of halogens is 2. The molecule has 0 aromatic heterocycles. The average molecular weight is 353 g/mol. The van der Waals surface area contributed by atoms with Crippen molar-refractivity contribution >= 4 is 27.5 Å². The van der Waals surface area contributed by atoms with E-state index in [9.17, 15) is 0 Å². The Labute approximate surface area is 134 Å². The van der Waals surface area contributed by atoms with Gasteiger partial charge in [-0.1, -0.05) is 58.7 Å². The lowest BCUT2D eigenvalue weighted by molar-refractivity contribution is 0.546. The Kier molecular flexibility index (Phi) is 5.64. The van der Waals surface area contributed by atoms with Crippen molar-refractivity contribution < 1.29 is 0 Å². The van der Waals surface area contributed by atoms with E-state index in [2.05, 4.69) is 59.4 Å². The molecule has 0 aliphatic rings. The lowest BCUT2D eigenvalue weighted by Gasteiger charge is -2.21. The Bertz CT molecular complexity index is 583. The first-order valence-corrected chi connectivity index (χ1v) is 8.01. The summed E-state index contributed by atoms with van der Waals surface area (Å²) in [5.41, 5.74) is 3.86. The molecule has 2 rings (SSSR count). The number of nitrogens with one attached hydrogen (secondary N) is 1. The second kappa shape index (κ2) is 7.26. The molecule has 2 aromatic rings. The molecule has 0 saturated carbocycles. The molecular formula is C17H19BrClN. The van der Waals surface area contributed by atoms with Crippen molar-refractivity contribution in [2.45, 2.75) is 26.3 Å². The van der Waals surface area contributed by atoms with Gasteiger partial charge in [-0.25, -0.2) is 0 Å². The van der Waals surface area contributed by atoms with Crippen LogP contribution in [0.25, 0.3) is 0 Å². The molecular weight excluding hydrogens is 334 g/mol. The number of benzene rings is 2. The number of rotatable bonds is 5. The minimum absolute atomic E-state index is 0.302. The largest absolute Gasteiger partial charge is 0.310 e. The third-order valence-electron chi connectivity index (χ3n) is 3.44. The fraction of sp³-hybridized carbons (Fsp3) is 0.294. The van der Waals surface area contributed by atoms with Crippen LogP contribution in [0.4, 0.5) is 0 Å². The molecule has 20 heavy (non-hydrogen) atoms. The van der Waals surface area contributed by atoms with E-state index >= 15 is 0 Å². The van der Waals surface area contributed by atoms with Crippen LogP contribution in [0.15, 0.2) is 46.9 Å². The molecule has 1 unspecified atom stereocenters. The van der Waals surface area contributed by atoms with Crippen molar-refractivity contribution in [2.75, 3.05) is 6.54 Å². The normalized spacial score (nSPS) is 12.4. The molecule has 0 aliphatic heterocycles. The highest BCUT2D eigenvalue weighted by atomic mass is 79.9. The second-order valence-electron chi connectivity index (χ2n) is 4.91.